The van der Waals surface area contributed by atoms with E-state index in [0.717, 1.165) is 12.0 Å². The number of carbonyl (C=O) groups excluding carboxylic acids is 2. The molecule has 3 saturated heterocycles. The smallest absolute Gasteiger partial charge is 0.411 e. The number of likely N-dealkylation sites (tertiary alicyclic amines) is 2. The lowest BCUT2D eigenvalue weighted by molar-refractivity contribution is -0.173. The van der Waals surface area contributed by atoms with Crippen molar-refractivity contribution in [3.8, 4) is 0 Å². The normalized spacial score (nSPS) is 27.2. The minimum Gasteiger partial charge on any atom is -0.445 e. The van der Waals surface area contributed by atoms with Gasteiger partial charge < -0.3 is 14.4 Å². The fourth-order valence-corrected chi connectivity index (χ4v) is 3.29. The van der Waals surface area contributed by atoms with Gasteiger partial charge in [-0.05, 0) is 12.0 Å². The molecular weight excluding hydrogens is 284 g/mol. The summed E-state index contributed by atoms with van der Waals surface area (Å²) in [7, 11) is 0. The third kappa shape index (κ3) is 2.14. The molecule has 22 heavy (non-hydrogen) atoms. The molecule has 2 bridgehead atoms. The van der Waals surface area contributed by atoms with Gasteiger partial charge in [0.2, 0.25) is 5.91 Å². The number of piperidine rings is 1. The third-order valence-electron chi connectivity index (χ3n) is 4.68. The quantitative estimate of drug-likeness (QED) is 0.836. The average molecular weight is 302 g/mol. The van der Waals surface area contributed by atoms with Gasteiger partial charge in [0.05, 0.1) is 25.3 Å². The lowest BCUT2D eigenvalue weighted by Crippen LogP contribution is -2.75. The van der Waals surface area contributed by atoms with Crippen molar-refractivity contribution in [1.29, 1.82) is 0 Å². The largest absolute Gasteiger partial charge is 0.445 e. The van der Waals surface area contributed by atoms with Crippen LogP contribution >= 0.6 is 0 Å². The van der Waals surface area contributed by atoms with Crippen LogP contribution in [0.15, 0.2) is 30.3 Å². The minimum absolute atomic E-state index is 0.0347. The second-order valence-electron chi connectivity index (χ2n) is 6.03. The monoisotopic (exact) mass is 302 g/mol. The number of carbonyl (C=O) groups is 2. The summed E-state index contributed by atoms with van der Waals surface area (Å²) in [5, 5.41) is 0. The summed E-state index contributed by atoms with van der Waals surface area (Å²) < 4.78 is 10.5. The topological polar surface area (TPSA) is 59.1 Å². The van der Waals surface area contributed by atoms with Crippen LogP contribution < -0.4 is 0 Å². The van der Waals surface area contributed by atoms with Gasteiger partial charge in [-0.15, -0.1) is 0 Å². The van der Waals surface area contributed by atoms with Gasteiger partial charge >= 0.3 is 6.09 Å². The molecule has 0 radical (unpaired) electrons. The summed E-state index contributed by atoms with van der Waals surface area (Å²) in [6.45, 7) is 2.07. The highest BCUT2D eigenvalue weighted by Crippen LogP contribution is 2.35. The van der Waals surface area contributed by atoms with Crippen LogP contribution in [0.4, 0.5) is 4.79 Å². The fourth-order valence-electron chi connectivity index (χ4n) is 3.29. The van der Waals surface area contributed by atoms with E-state index in [-0.39, 0.29) is 36.7 Å². The zero-order valence-corrected chi connectivity index (χ0v) is 12.2. The van der Waals surface area contributed by atoms with Gasteiger partial charge in [-0.2, -0.15) is 0 Å². The number of fused-ring (bicyclic) bond motifs is 2. The summed E-state index contributed by atoms with van der Waals surface area (Å²) in [6.07, 6.45) is 0.367. The van der Waals surface area contributed by atoms with Crippen LogP contribution in [0.25, 0.3) is 0 Å². The molecule has 0 N–H and O–H groups in total. The summed E-state index contributed by atoms with van der Waals surface area (Å²) in [4.78, 5) is 28.1. The van der Waals surface area contributed by atoms with E-state index in [1.807, 2.05) is 35.2 Å². The Morgan fingerprint density at radius 3 is 2.64 bits per heavy atom. The van der Waals surface area contributed by atoms with Crippen LogP contribution in [-0.2, 0) is 20.9 Å². The summed E-state index contributed by atoms with van der Waals surface area (Å²) in [5.74, 6) is 0.0347. The third-order valence-corrected chi connectivity index (χ3v) is 4.68. The molecule has 3 aliphatic heterocycles. The molecule has 1 unspecified atom stereocenters. The molecule has 6 heteroatoms. The number of benzene rings is 1. The van der Waals surface area contributed by atoms with Gasteiger partial charge in [-0.3, -0.25) is 9.69 Å². The number of amides is 2. The van der Waals surface area contributed by atoms with Crippen LogP contribution in [0.5, 0.6) is 0 Å². The number of piperazine rings is 1. The van der Waals surface area contributed by atoms with E-state index in [4.69, 9.17) is 9.47 Å². The zero-order chi connectivity index (χ0) is 15.1. The summed E-state index contributed by atoms with van der Waals surface area (Å²) in [6, 6.07) is 9.49. The number of nitrogens with zero attached hydrogens (tertiary/aromatic N) is 2. The second-order valence-corrected chi connectivity index (χ2v) is 6.03. The van der Waals surface area contributed by atoms with Crippen LogP contribution in [0.3, 0.4) is 0 Å². The maximum Gasteiger partial charge on any atom is 0.411 e. The van der Waals surface area contributed by atoms with E-state index in [0.29, 0.717) is 19.8 Å². The molecule has 116 valence electrons. The Kier molecular flexibility index (Phi) is 3.26. The molecule has 3 aliphatic rings. The van der Waals surface area contributed by atoms with E-state index in [1.165, 1.54) is 0 Å². The maximum absolute atomic E-state index is 12.4. The lowest BCUT2D eigenvalue weighted by atomic mass is 9.86. The predicted octanol–water partition coefficient (Wildman–Crippen LogP) is 1.01. The van der Waals surface area contributed by atoms with E-state index in [1.54, 1.807) is 4.90 Å². The summed E-state index contributed by atoms with van der Waals surface area (Å²) >= 11 is 0. The van der Waals surface area contributed by atoms with Crippen molar-refractivity contribution in [2.45, 2.75) is 31.2 Å². The molecule has 4 rings (SSSR count). The molecule has 2 amide bonds. The van der Waals surface area contributed by atoms with Crippen molar-refractivity contribution in [1.82, 2.24) is 9.80 Å². The van der Waals surface area contributed by atoms with E-state index >= 15 is 0 Å². The lowest BCUT2D eigenvalue weighted by Gasteiger charge is -2.56. The first kappa shape index (κ1) is 13.6. The Bertz CT molecular complexity index is 587. The van der Waals surface area contributed by atoms with Crippen LogP contribution in [0.2, 0.25) is 0 Å². The Labute approximate surface area is 128 Å². The highest BCUT2D eigenvalue weighted by molar-refractivity contribution is 5.90. The molecule has 0 spiro atoms. The van der Waals surface area contributed by atoms with Crippen molar-refractivity contribution in [3.05, 3.63) is 35.9 Å². The van der Waals surface area contributed by atoms with E-state index < -0.39 is 0 Å². The first-order valence-corrected chi connectivity index (χ1v) is 7.61. The fraction of sp³-hybridized carbons (Fsp3) is 0.500. The molecule has 0 aromatic heterocycles. The van der Waals surface area contributed by atoms with Crippen LogP contribution in [0.1, 0.15) is 12.0 Å². The van der Waals surface area contributed by atoms with Crippen molar-refractivity contribution in [2.24, 2.45) is 0 Å². The number of hydrogen-bond donors (Lipinski definition) is 0. The molecule has 1 aromatic carbocycles. The Hall–Kier alpha value is -2.08. The van der Waals surface area contributed by atoms with Crippen molar-refractivity contribution < 1.29 is 19.1 Å². The number of rotatable bonds is 3. The maximum atomic E-state index is 12.4. The van der Waals surface area contributed by atoms with Crippen LogP contribution in [0, 0.1) is 0 Å². The molecule has 1 aromatic rings. The van der Waals surface area contributed by atoms with Gasteiger partial charge in [-0.1, -0.05) is 30.3 Å². The molecule has 6 nitrogen and oxygen atoms in total. The molecule has 2 atom stereocenters. The van der Waals surface area contributed by atoms with Gasteiger partial charge in [0, 0.05) is 6.54 Å². The van der Waals surface area contributed by atoms with Crippen molar-refractivity contribution >= 4 is 12.0 Å². The first-order valence-electron chi connectivity index (χ1n) is 7.61. The SMILES string of the molecule is O=C1C2C[C@H](CN1C1COC1)N2C(=O)OCc1ccccc1. The molecule has 3 heterocycles. The van der Waals surface area contributed by atoms with Gasteiger partial charge in [0.15, 0.2) is 0 Å². The van der Waals surface area contributed by atoms with Gasteiger partial charge in [-0.25, -0.2) is 4.79 Å². The number of hydrogen-bond acceptors (Lipinski definition) is 4. The highest BCUT2D eigenvalue weighted by atomic mass is 16.6. The first-order chi connectivity index (χ1) is 10.7. The van der Waals surface area contributed by atoms with Crippen LogP contribution in [-0.4, -0.2) is 59.7 Å². The minimum atomic E-state index is -0.386. The van der Waals surface area contributed by atoms with Gasteiger partial charge in [0.25, 0.3) is 0 Å². The van der Waals surface area contributed by atoms with E-state index in [2.05, 4.69) is 0 Å². The highest BCUT2D eigenvalue weighted by Gasteiger charge is 2.55. The number of ether oxygens (including phenoxy) is 2. The Balaban J connectivity index is 1.36. The zero-order valence-electron chi connectivity index (χ0n) is 12.2. The Morgan fingerprint density at radius 2 is 2.00 bits per heavy atom. The summed E-state index contributed by atoms with van der Waals surface area (Å²) in [5.41, 5.74) is 0.945. The Morgan fingerprint density at radius 1 is 1.23 bits per heavy atom. The molecular formula is C16H18N2O4. The molecule has 0 saturated carbocycles. The van der Waals surface area contributed by atoms with Gasteiger partial charge in [0.1, 0.15) is 12.6 Å². The predicted molar refractivity (Wildman–Crippen MR) is 77.0 cm³/mol. The van der Waals surface area contributed by atoms with E-state index in [9.17, 15) is 9.59 Å². The van der Waals surface area contributed by atoms with Crippen molar-refractivity contribution in [3.63, 3.8) is 0 Å². The second kappa shape index (κ2) is 5.28. The molecule has 0 aliphatic carbocycles. The molecule has 3 fully saturated rings. The average Bonchev–Trinajstić information content (AvgIpc) is 2.45. The standard InChI is InChI=1S/C16H18N2O4/c19-15-14-6-12(7-17(15)13-9-21-10-13)18(14)16(20)22-8-11-4-2-1-3-5-11/h1-5,12-14H,6-10H2/t12-,14?/m1/s1. The van der Waals surface area contributed by atoms with Crippen molar-refractivity contribution in [2.75, 3.05) is 19.8 Å².